The van der Waals surface area contributed by atoms with E-state index >= 15 is 0 Å². The smallest absolute Gasteiger partial charge is 0.149 e. The molecule has 1 N–H and O–H groups in total. The van der Waals surface area contributed by atoms with Crippen molar-refractivity contribution in [1.29, 1.82) is 0 Å². The first kappa shape index (κ1) is 41.3. The van der Waals surface area contributed by atoms with Gasteiger partial charge in [0.25, 0.3) is 0 Å². The van der Waals surface area contributed by atoms with Gasteiger partial charge < -0.3 is 5.11 Å². The minimum Gasteiger partial charge on any atom is -0.507 e. The monoisotopic (exact) mass is 821 g/mol. The third-order valence-electron chi connectivity index (χ3n) is 12.4. The van der Waals surface area contributed by atoms with Crippen molar-refractivity contribution < 1.29 is 5.11 Å². The van der Waals surface area contributed by atoms with Crippen molar-refractivity contribution in [2.75, 3.05) is 0 Å². The number of phenolic OH excluding ortho intramolecular Hbond substituents is 1. The van der Waals surface area contributed by atoms with Gasteiger partial charge in [0, 0.05) is 22.9 Å². The van der Waals surface area contributed by atoms with E-state index in [4.69, 9.17) is 9.97 Å². The lowest BCUT2D eigenvalue weighted by atomic mass is 9.83. The van der Waals surface area contributed by atoms with E-state index in [-0.39, 0.29) is 23.0 Å². The van der Waals surface area contributed by atoms with Crippen LogP contribution in [0.15, 0.2) is 170 Å². The Morgan fingerprint density at radius 2 is 1.16 bits per heavy atom. The molecule has 0 aliphatic heterocycles. The second kappa shape index (κ2) is 16.7. The van der Waals surface area contributed by atoms with E-state index in [1.54, 1.807) is 0 Å². The molecule has 0 spiro atoms. The van der Waals surface area contributed by atoms with Crippen LogP contribution in [-0.4, -0.2) is 19.6 Å². The highest BCUT2D eigenvalue weighted by Gasteiger charge is 2.26. The first-order chi connectivity index (χ1) is 30.4. The summed E-state index contributed by atoms with van der Waals surface area (Å²) in [6.45, 7) is 17.7. The Labute approximate surface area is 372 Å². The molecule has 312 valence electrons. The second-order valence-corrected chi connectivity index (χ2v) is 18.5. The van der Waals surface area contributed by atoms with E-state index < -0.39 is 0 Å². The fourth-order valence-electron chi connectivity index (χ4n) is 8.80. The van der Waals surface area contributed by atoms with Gasteiger partial charge in [-0.3, -0.25) is 9.55 Å². The van der Waals surface area contributed by atoms with Crippen LogP contribution in [0.3, 0.4) is 0 Å². The largest absolute Gasteiger partial charge is 0.507 e. The number of rotatable bonds is 9. The molecule has 63 heavy (non-hydrogen) atoms. The molecule has 4 nitrogen and oxygen atoms in total. The number of hydrogen-bond acceptors (Lipinski definition) is 3. The number of fused-ring (bicyclic) bond motifs is 1. The highest BCUT2D eigenvalue weighted by Crippen LogP contribution is 2.45. The van der Waals surface area contributed by atoms with Crippen LogP contribution in [0.25, 0.3) is 83.9 Å². The van der Waals surface area contributed by atoms with Gasteiger partial charge in [-0.15, -0.1) is 0 Å². The van der Waals surface area contributed by atoms with Gasteiger partial charge >= 0.3 is 0 Å². The Morgan fingerprint density at radius 3 is 1.79 bits per heavy atom. The summed E-state index contributed by atoms with van der Waals surface area (Å²) in [6, 6.07) is 58.3. The number of aryl methyl sites for hydroxylation is 1. The summed E-state index contributed by atoms with van der Waals surface area (Å²) in [4.78, 5) is 10.6. The van der Waals surface area contributed by atoms with E-state index in [0.29, 0.717) is 5.82 Å². The fraction of sp³-hybridized carbons (Fsp3) is 0.186. The summed E-state index contributed by atoms with van der Waals surface area (Å²) in [5.74, 6) is 1.31. The number of benzene rings is 7. The summed E-state index contributed by atoms with van der Waals surface area (Å²) < 4.78 is 2.30. The molecular formula is C59H55N3O. The van der Waals surface area contributed by atoms with Crippen LogP contribution < -0.4 is 0 Å². The Bertz CT molecular complexity index is 3100. The zero-order valence-corrected chi connectivity index (χ0v) is 37.6. The molecule has 4 heteroatoms. The Morgan fingerprint density at radius 1 is 0.524 bits per heavy atom. The van der Waals surface area contributed by atoms with Crippen LogP contribution in [0.5, 0.6) is 5.75 Å². The highest BCUT2D eigenvalue weighted by atomic mass is 16.3. The van der Waals surface area contributed by atoms with Gasteiger partial charge in [0.1, 0.15) is 11.6 Å². The van der Waals surface area contributed by atoms with Crippen LogP contribution in [0, 0.1) is 6.92 Å². The summed E-state index contributed by atoms with van der Waals surface area (Å²) >= 11 is 0. The van der Waals surface area contributed by atoms with Crippen molar-refractivity contribution in [3.05, 3.63) is 192 Å². The van der Waals surface area contributed by atoms with Crippen LogP contribution in [-0.2, 0) is 5.41 Å². The van der Waals surface area contributed by atoms with Gasteiger partial charge in [-0.2, -0.15) is 0 Å². The SMILES string of the molecule is Cc1cc(-c2ccccc2)c(-n2c(-c3cc(C(C)C)cc(C(C)C)c3O)nc3c(-c4cc(-c5cc(-c6ccccc6)ccn5)cc(C(C)(C)C)c4)cccc32)cc1-c1ccccc1. The van der Waals surface area contributed by atoms with Crippen molar-refractivity contribution in [2.24, 2.45) is 0 Å². The van der Waals surface area contributed by atoms with Crippen molar-refractivity contribution in [2.45, 2.75) is 72.6 Å². The van der Waals surface area contributed by atoms with Gasteiger partial charge in [0.15, 0.2) is 0 Å². The lowest BCUT2D eigenvalue weighted by molar-refractivity contribution is 0.466. The van der Waals surface area contributed by atoms with E-state index in [2.05, 4.69) is 218 Å². The Balaban J connectivity index is 1.37. The lowest BCUT2D eigenvalue weighted by Gasteiger charge is -2.22. The predicted octanol–water partition coefficient (Wildman–Crippen LogP) is 16.0. The molecule has 2 aromatic heterocycles. The van der Waals surface area contributed by atoms with E-state index in [1.165, 1.54) is 11.1 Å². The normalized spacial score (nSPS) is 11.8. The number of pyridine rings is 1. The number of phenols is 1. The summed E-state index contributed by atoms with van der Waals surface area (Å²) in [6.07, 6.45) is 1.91. The van der Waals surface area contributed by atoms with Crippen LogP contribution in [0.1, 0.15) is 82.6 Å². The standard InChI is InChI=1S/C59H55N3O/c1-37(2)44-33-49(38(3)4)57(63)52(34-44)58-61-56-48(45-30-46(32-47(31-45)59(6,7)8)53-35-43(27-28-60-53)40-19-12-9-13-20-40)25-18-26-54(56)62(58)55-36-50(41-21-14-10-15-22-41)39(5)29-51(55)42-23-16-11-17-24-42/h9-38,63H,1-8H3. The average molecular weight is 822 g/mol. The lowest BCUT2D eigenvalue weighted by Crippen LogP contribution is -2.11. The van der Waals surface area contributed by atoms with Crippen molar-refractivity contribution in [3.63, 3.8) is 0 Å². The molecule has 0 aliphatic rings. The van der Waals surface area contributed by atoms with E-state index in [9.17, 15) is 5.11 Å². The van der Waals surface area contributed by atoms with E-state index in [1.807, 2.05) is 12.3 Å². The highest BCUT2D eigenvalue weighted by molar-refractivity contribution is 5.98. The van der Waals surface area contributed by atoms with Crippen molar-refractivity contribution in [1.82, 2.24) is 14.5 Å². The quantitative estimate of drug-likeness (QED) is 0.158. The second-order valence-electron chi connectivity index (χ2n) is 18.5. The molecule has 0 radical (unpaired) electrons. The van der Waals surface area contributed by atoms with Gasteiger partial charge in [0.05, 0.1) is 28.0 Å². The minimum absolute atomic E-state index is 0.104. The molecule has 0 saturated heterocycles. The molecule has 7 aromatic carbocycles. The molecular weight excluding hydrogens is 767 g/mol. The first-order valence-corrected chi connectivity index (χ1v) is 22.2. The third kappa shape index (κ3) is 7.98. The number of imidazole rings is 1. The minimum atomic E-state index is -0.142. The van der Waals surface area contributed by atoms with Gasteiger partial charge in [0.2, 0.25) is 0 Å². The number of aromatic nitrogens is 3. The van der Waals surface area contributed by atoms with Gasteiger partial charge in [-0.25, -0.2) is 4.98 Å². The van der Waals surface area contributed by atoms with Crippen LogP contribution >= 0.6 is 0 Å². The topological polar surface area (TPSA) is 50.9 Å². The third-order valence-corrected chi connectivity index (χ3v) is 12.4. The molecule has 9 aromatic rings. The Hall–Kier alpha value is -7.04. The van der Waals surface area contributed by atoms with Crippen LogP contribution in [0.2, 0.25) is 0 Å². The molecule has 0 saturated carbocycles. The average Bonchev–Trinajstić information content (AvgIpc) is 3.68. The molecule has 0 atom stereocenters. The maximum Gasteiger partial charge on any atom is 0.149 e. The van der Waals surface area contributed by atoms with Crippen molar-refractivity contribution in [3.8, 4) is 78.6 Å². The fourth-order valence-corrected chi connectivity index (χ4v) is 8.80. The zero-order valence-electron chi connectivity index (χ0n) is 37.6. The number of nitrogens with zero attached hydrogens (tertiary/aromatic N) is 3. The number of aromatic hydroxyl groups is 1. The molecule has 0 unspecified atom stereocenters. The maximum atomic E-state index is 12.4. The number of para-hydroxylation sites is 1. The molecule has 9 rings (SSSR count). The van der Waals surface area contributed by atoms with Gasteiger partial charge in [-0.1, -0.05) is 164 Å². The molecule has 2 heterocycles. The molecule has 0 fully saturated rings. The van der Waals surface area contributed by atoms with Gasteiger partial charge in [-0.05, 0) is 128 Å². The summed E-state index contributed by atoms with van der Waals surface area (Å²) in [7, 11) is 0. The first-order valence-electron chi connectivity index (χ1n) is 22.2. The number of hydrogen-bond donors (Lipinski definition) is 1. The molecule has 0 aliphatic carbocycles. The van der Waals surface area contributed by atoms with Crippen LogP contribution in [0.4, 0.5) is 0 Å². The summed E-state index contributed by atoms with van der Waals surface area (Å²) in [5, 5.41) is 12.4. The van der Waals surface area contributed by atoms with E-state index in [0.717, 1.165) is 89.2 Å². The van der Waals surface area contributed by atoms with Crippen molar-refractivity contribution >= 4 is 11.0 Å². The summed E-state index contributed by atoms with van der Waals surface area (Å²) in [5.41, 5.74) is 18.7. The maximum absolute atomic E-state index is 12.4. The Kier molecular flexibility index (Phi) is 10.9. The predicted molar refractivity (Wildman–Crippen MR) is 265 cm³/mol. The molecule has 0 bridgehead atoms. The zero-order chi connectivity index (χ0) is 44.0. The molecule has 0 amide bonds.